The zero-order valence-corrected chi connectivity index (χ0v) is 62.8. The van der Waals surface area contributed by atoms with Gasteiger partial charge in [0, 0.05) is 12.8 Å². The minimum absolute atomic E-state index is 0.0294. The second-order valence-electron chi connectivity index (χ2n) is 28.1. The minimum atomic E-state index is -4.64. The van der Waals surface area contributed by atoms with Crippen LogP contribution in [-0.2, 0) is 32.7 Å². The molecule has 10 heteroatoms. The molecule has 0 aromatic carbocycles. The van der Waals surface area contributed by atoms with Crippen LogP contribution < -0.4 is 4.89 Å². The Morgan fingerprint density at radius 3 is 0.914 bits per heavy atom. The molecule has 0 heterocycles. The van der Waals surface area contributed by atoms with E-state index in [1.807, 2.05) is 21.1 Å². The summed E-state index contributed by atoms with van der Waals surface area (Å²) in [6, 6.07) is 0. The van der Waals surface area contributed by atoms with Crippen molar-refractivity contribution in [1.82, 2.24) is 0 Å². The van der Waals surface area contributed by atoms with Crippen molar-refractivity contribution in [3.8, 4) is 0 Å². The number of carbonyl (C=O) groups excluding carboxylic acids is 2. The van der Waals surface area contributed by atoms with Crippen molar-refractivity contribution in [1.29, 1.82) is 0 Å². The zero-order chi connectivity index (χ0) is 67.6. The zero-order valence-electron chi connectivity index (χ0n) is 62.0. The maximum absolute atomic E-state index is 12.9. The lowest BCUT2D eigenvalue weighted by Crippen LogP contribution is -2.37. The third kappa shape index (κ3) is 78.1. The number of rotatable bonds is 74. The molecule has 0 rings (SSSR count). The van der Waals surface area contributed by atoms with E-state index in [1.54, 1.807) is 0 Å². The Kier molecular flexibility index (Phi) is 71.2. The smallest absolute Gasteiger partial charge is 0.306 e. The standard InChI is InChI=1S/C83H152NO8P/c1-6-8-10-12-14-16-18-20-22-24-26-28-30-32-34-36-37-38-39-40-41-42-43-44-45-46-47-48-50-52-54-56-58-60-62-64-66-68-70-72-74-76-83(86)92-81(80-91-93(87,88)90-78-77-84(3,4)5)79-89-82(85)75-73-71-69-67-65-63-61-59-57-55-53-51-49-35-33-31-29-27-25-23-21-19-17-15-13-11-9-7-2/h8,10,14,16,20,22,26,28,32,34,37-38,40-41,81H,6-7,9,11-13,15,17-19,21,23-25,27,29-31,33,35-36,39,42-80H2,1-5H3/b10-8-,16-14-,22-20-,28-26-,34-32-,38-37-,41-40-. The van der Waals surface area contributed by atoms with E-state index in [9.17, 15) is 19.0 Å². The Morgan fingerprint density at radius 1 is 0.344 bits per heavy atom. The van der Waals surface area contributed by atoms with E-state index in [2.05, 4.69) is 98.9 Å². The fourth-order valence-electron chi connectivity index (χ4n) is 11.6. The molecule has 0 bridgehead atoms. The van der Waals surface area contributed by atoms with Crippen LogP contribution in [0.25, 0.3) is 0 Å². The molecule has 0 saturated carbocycles. The molecule has 2 atom stereocenters. The molecule has 0 aliphatic carbocycles. The highest BCUT2D eigenvalue weighted by Crippen LogP contribution is 2.38. The molecular weight excluding hydrogens is 1170 g/mol. The predicted octanol–water partition coefficient (Wildman–Crippen LogP) is 25.8. The van der Waals surface area contributed by atoms with E-state index >= 15 is 0 Å². The molecule has 0 amide bonds. The summed E-state index contributed by atoms with van der Waals surface area (Å²) in [5, 5.41) is 0. The molecule has 93 heavy (non-hydrogen) atoms. The first-order valence-electron chi connectivity index (χ1n) is 39.8. The molecule has 0 N–H and O–H groups in total. The van der Waals surface area contributed by atoms with Gasteiger partial charge in [-0.25, -0.2) is 0 Å². The van der Waals surface area contributed by atoms with Gasteiger partial charge in [-0.05, 0) is 70.6 Å². The Labute approximate surface area is 577 Å². The van der Waals surface area contributed by atoms with Gasteiger partial charge in [-0.1, -0.05) is 381 Å². The van der Waals surface area contributed by atoms with Gasteiger partial charge in [-0.3, -0.25) is 14.2 Å². The van der Waals surface area contributed by atoms with Crippen LogP contribution in [-0.4, -0.2) is 70.0 Å². The number of quaternary nitrogens is 1. The van der Waals surface area contributed by atoms with Gasteiger partial charge in [0.1, 0.15) is 19.8 Å². The topological polar surface area (TPSA) is 111 Å². The second-order valence-corrected chi connectivity index (χ2v) is 29.5. The molecule has 0 spiro atoms. The summed E-state index contributed by atoms with van der Waals surface area (Å²) in [6.45, 7) is 4.19. The van der Waals surface area contributed by atoms with Crippen LogP contribution >= 0.6 is 7.82 Å². The lowest BCUT2D eigenvalue weighted by Gasteiger charge is -2.28. The average Bonchev–Trinajstić information content (AvgIpc) is 2.30. The average molecular weight is 1320 g/mol. The molecule has 0 radical (unpaired) electrons. The summed E-state index contributed by atoms with van der Waals surface area (Å²) in [5.41, 5.74) is 0. The Balaban J connectivity index is 3.93. The summed E-state index contributed by atoms with van der Waals surface area (Å²) < 4.78 is 34.4. The van der Waals surface area contributed by atoms with Gasteiger partial charge in [0.2, 0.25) is 0 Å². The highest BCUT2D eigenvalue weighted by molar-refractivity contribution is 7.45. The maximum atomic E-state index is 12.9. The van der Waals surface area contributed by atoms with Crippen molar-refractivity contribution < 1.29 is 42.1 Å². The van der Waals surface area contributed by atoms with Crippen LogP contribution in [0.3, 0.4) is 0 Å². The van der Waals surface area contributed by atoms with Gasteiger partial charge in [0.05, 0.1) is 27.7 Å². The van der Waals surface area contributed by atoms with E-state index in [1.165, 1.54) is 263 Å². The SMILES string of the molecule is CC/C=C\C/C=C\C/C=C\C/C=C\C/C=C\C/C=C\C/C=C\CCCCCCCCCCCCCCCCCCCCCC(=O)OC(COC(=O)CCCCCCCCCCCCCCCCCCCCCCCCCCCCCC)COP(=O)([O-])OCC[N+](C)(C)C. The lowest BCUT2D eigenvalue weighted by molar-refractivity contribution is -0.870. The summed E-state index contributed by atoms with van der Waals surface area (Å²) >= 11 is 0. The number of carbonyl (C=O) groups is 2. The van der Waals surface area contributed by atoms with Gasteiger partial charge in [0.15, 0.2) is 6.10 Å². The molecule has 0 saturated heterocycles. The number of hydrogen-bond donors (Lipinski definition) is 0. The van der Waals surface area contributed by atoms with Crippen LogP contribution in [0.15, 0.2) is 85.1 Å². The third-order valence-corrected chi connectivity index (χ3v) is 18.6. The lowest BCUT2D eigenvalue weighted by atomic mass is 10.0. The van der Waals surface area contributed by atoms with E-state index in [-0.39, 0.29) is 32.0 Å². The van der Waals surface area contributed by atoms with Crippen molar-refractivity contribution in [3.05, 3.63) is 85.1 Å². The van der Waals surface area contributed by atoms with E-state index in [0.29, 0.717) is 17.4 Å². The fourth-order valence-corrected chi connectivity index (χ4v) is 12.4. The number of nitrogens with zero attached hydrogens (tertiary/aromatic N) is 1. The summed E-state index contributed by atoms with van der Waals surface area (Å²) in [5.74, 6) is -0.812. The van der Waals surface area contributed by atoms with Crippen LogP contribution in [0, 0.1) is 0 Å². The first-order valence-corrected chi connectivity index (χ1v) is 41.3. The first-order chi connectivity index (χ1) is 45.5. The van der Waals surface area contributed by atoms with Crippen molar-refractivity contribution in [2.75, 3.05) is 47.5 Å². The molecule has 9 nitrogen and oxygen atoms in total. The fraction of sp³-hybridized carbons (Fsp3) is 0.807. The number of esters is 2. The monoisotopic (exact) mass is 1320 g/mol. The van der Waals surface area contributed by atoms with Crippen LogP contribution in [0.2, 0.25) is 0 Å². The molecule has 2 unspecified atom stereocenters. The molecule has 0 fully saturated rings. The quantitative estimate of drug-likeness (QED) is 0.0195. The number of phosphoric acid groups is 1. The third-order valence-electron chi connectivity index (χ3n) is 17.7. The summed E-state index contributed by atoms with van der Waals surface area (Å²) in [6.07, 6.45) is 101. The van der Waals surface area contributed by atoms with E-state index in [0.717, 1.165) is 83.5 Å². The Hall–Kier alpha value is -2.81. The molecule has 0 aromatic rings. The van der Waals surface area contributed by atoms with E-state index < -0.39 is 26.5 Å². The maximum Gasteiger partial charge on any atom is 0.306 e. The van der Waals surface area contributed by atoms with Crippen molar-refractivity contribution in [3.63, 3.8) is 0 Å². The molecule has 0 aromatic heterocycles. The van der Waals surface area contributed by atoms with Gasteiger partial charge in [0.25, 0.3) is 7.82 Å². The highest BCUT2D eigenvalue weighted by Gasteiger charge is 2.22. The first kappa shape index (κ1) is 90.2. The van der Waals surface area contributed by atoms with Crippen molar-refractivity contribution in [2.45, 2.75) is 386 Å². The number of likely N-dealkylation sites (N-methyl/N-ethyl adjacent to an activating group) is 1. The predicted molar refractivity (Wildman–Crippen MR) is 402 cm³/mol. The summed E-state index contributed by atoms with van der Waals surface area (Å²) in [7, 11) is 1.18. The van der Waals surface area contributed by atoms with Gasteiger partial charge in [-0.2, -0.15) is 0 Å². The van der Waals surface area contributed by atoms with Crippen LogP contribution in [0.1, 0.15) is 380 Å². The number of allylic oxidation sites excluding steroid dienone is 14. The minimum Gasteiger partial charge on any atom is -0.756 e. The number of ether oxygens (including phenoxy) is 2. The number of unbranched alkanes of at least 4 members (excludes halogenated alkanes) is 46. The molecule has 0 aliphatic heterocycles. The van der Waals surface area contributed by atoms with Gasteiger partial charge < -0.3 is 27.9 Å². The Bertz CT molecular complexity index is 1850. The molecule has 542 valence electrons. The van der Waals surface area contributed by atoms with Gasteiger partial charge in [-0.15, -0.1) is 0 Å². The largest absolute Gasteiger partial charge is 0.756 e. The number of phosphoric ester groups is 1. The molecule has 0 aliphatic rings. The number of hydrogen-bond acceptors (Lipinski definition) is 8. The summed E-state index contributed by atoms with van der Waals surface area (Å²) in [4.78, 5) is 38.2. The Morgan fingerprint density at radius 2 is 0.613 bits per heavy atom. The van der Waals surface area contributed by atoms with Crippen molar-refractivity contribution >= 4 is 19.8 Å². The van der Waals surface area contributed by atoms with Gasteiger partial charge >= 0.3 is 11.9 Å². The van der Waals surface area contributed by atoms with Crippen LogP contribution in [0.4, 0.5) is 0 Å². The molecular formula is C83H152NO8P. The van der Waals surface area contributed by atoms with Crippen molar-refractivity contribution in [2.24, 2.45) is 0 Å². The van der Waals surface area contributed by atoms with Crippen LogP contribution in [0.5, 0.6) is 0 Å². The second kappa shape index (κ2) is 73.4. The normalized spacial score (nSPS) is 13.5. The van der Waals surface area contributed by atoms with E-state index in [4.69, 9.17) is 18.5 Å². The highest BCUT2D eigenvalue weighted by atomic mass is 31.2.